The Balaban J connectivity index is 2.06. The highest BCUT2D eigenvalue weighted by atomic mass is 16.3. The van der Waals surface area contributed by atoms with E-state index in [-0.39, 0.29) is 6.73 Å². The Morgan fingerprint density at radius 1 is 1.24 bits per heavy atom. The summed E-state index contributed by atoms with van der Waals surface area (Å²) in [4.78, 5) is 10.0. The molecule has 0 aliphatic carbocycles. The average Bonchev–Trinajstić information content (AvgIpc) is 2.83. The first kappa shape index (κ1) is 10.2. The fraction of sp³-hybridized carbons (Fsp3) is 0.400. The van der Waals surface area contributed by atoms with Gasteiger partial charge >= 0.3 is 0 Å². The number of aliphatic hydroxyl groups excluding tert-OH is 1. The van der Waals surface area contributed by atoms with Crippen molar-refractivity contribution in [2.45, 2.75) is 13.0 Å². The summed E-state index contributed by atoms with van der Waals surface area (Å²) >= 11 is 0. The molecule has 2 aromatic rings. The molecule has 3 heterocycles. The van der Waals surface area contributed by atoms with Crippen molar-refractivity contribution >= 4 is 5.95 Å². The number of anilines is 1. The average molecular weight is 232 g/mol. The predicted molar refractivity (Wildman–Crippen MR) is 60.1 cm³/mol. The third-order valence-electron chi connectivity index (χ3n) is 2.79. The van der Waals surface area contributed by atoms with E-state index < -0.39 is 0 Å². The van der Waals surface area contributed by atoms with Crippen molar-refractivity contribution in [2.75, 3.05) is 18.2 Å². The molecule has 0 saturated carbocycles. The Kier molecular flexibility index (Phi) is 2.45. The molecule has 0 amide bonds. The second-order valence-electron chi connectivity index (χ2n) is 3.82. The molecule has 1 aliphatic heterocycles. The molecular weight excluding hydrogens is 220 g/mol. The van der Waals surface area contributed by atoms with Crippen LogP contribution < -0.4 is 4.90 Å². The van der Waals surface area contributed by atoms with E-state index in [9.17, 15) is 5.11 Å². The number of aliphatic hydroxyl groups is 1. The molecular formula is C10H12N6O. The number of aromatic nitrogens is 5. The van der Waals surface area contributed by atoms with Crippen LogP contribution in [0.1, 0.15) is 6.42 Å². The summed E-state index contributed by atoms with van der Waals surface area (Å²) in [5, 5.41) is 17.5. The lowest BCUT2D eigenvalue weighted by molar-refractivity contribution is 0.280. The first-order valence-corrected chi connectivity index (χ1v) is 5.45. The van der Waals surface area contributed by atoms with Gasteiger partial charge in [-0.2, -0.15) is 0 Å². The molecule has 0 aromatic carbocycles. The van der Waals surface area contributed by atoms with Crippen molar-refractivity contribution in [3.05, 3.63) is 18.6 Å². The van der Waals surface area contributed by atoms with Gasteiger partial charge in [0.05, 0.1) is 6.20 Å². The monoisotopic (exact) mass is 232 g/mol. The van der Waals surface area contributed by atoms with Gasteiger partial charge in [0.15, 0.2) is 5.82 Å². The Labute approximate surface area is 97.8 Å². The molecule has 0 saturated heterocycles. The molecule has 2 aromatic heterocycles. The molecule has 7 heteroatoms. The minimum atomic E-state index is -0.0431. The van der Waals surface area contributed by atoms with E-state index in [1.54, 1.807) is 23.5 Å². The second-order valence-corrected chi connectivity index (χ2v) is 3.82. The maximum Gasteiger partial charge on any atom is 0.229 e. The lowest BCUT2D eigenvalue weighted by Gasteiger charge is -2.26. The zero-order chi connectivity index (χ0) is 11.7. The summed E-state index contributed by atoms with van der Waals surface area (Å²) in [5.74, 6) is 1.39. The zero-order valence-corrected chi connectivity index (χ0v) is 9.19. The third-order valence-corrected chi connectivity index (χ3v) is 2.79. The first-order valence-electron chi connectivity index (χ1n) is 5.45. The van der Waals surface area contributed by atoms with Gasteiger partial charge in [-0.15, -0.1) is 10.2 Å². The van der Waals surface area contributed by atoms with Crippen LogP contribution in [-0.4, -0.2) is 43.1 Å². The van der Waals surface area contributed by atoms with E-state index in [4.69, 9.17) is 0 Å². The Hall–Kier alpha value is -2.02. The maximum atomic E-state index is 9.23. The summed E-state index contributed by atoms with van der Waals surface area (Å²) in [6.07, 6.45) is 5.87. The second kappa shape index (κ2) is 4.10. The van der Waals surface area contributed by atoms with Gasteiger partial charge in [-0.05, 0) is 6.42 Å². The van der Waals surface area contributed by atoms with Gasteiger partial charge in [0, 0.05) is 25.5 Å². The number of fused-ring (bicyclic) bond motifs is 1. The molecule has 0 spiro atoms. The molecule has 3 rings (SSSR count). The summed E-state index contributed by atoms with van der Waals surface area (Å²) in [6.45, 7) is 1.60. The van der Waals surface area contributed by atoms with E-state index in [0.717, 1.165) is 19.5 Å². The van der Waals surface area contributed by atoms with Crippen molar-refractivity contribution in [2.24, 2.45) is 0 Å². The van der Waals surface area contributed by atoms with Gasteiger partial charge in [0.25, 0.3) is 0 Å². The molecule has 0 fully saturated rings. The van der Waals surface area contributed by atoms with Crippen LogP contribution >= 0.6 is 0 Å². The third kappa shape index (κ3) is 1.64. The summed E-state index contributed by atoms with van der Waals surface area (Å²) in [7, 11) is 0. The fourth-order valence-corrected chi connectivity index (χ4v) is 1.99. The van der Waals surface area contributed by atoms with Crippen molar-refractivity contribution in [1.29, 1.82) is 0 Å². The summed E-state index contributed by atoms with van der Waals surface area (Å²) in [5.41, 5.74) is 0.700. The van der Waals surface area contributed by atoms with Crippen LogP contribution in [0, 0.1) is 0 Å². The minimum Gasteiger partial charge on any atom is -0.376 e. The highest BCUT2D eigenvalue weighted by molar-refractivity contribution is 5.52. The van der Waals surface area contributed by atoms with Gasteiger partial charge in [-0.1, -0.05) is 0 Å². The van der Waals surface area contributed by atoms with Gasteiger partial charge in [-0.3, -0.25) is 9.55 Å². The van der Waals surface area contributed by atoms with E-state index in [0.29, 0.717) is 17.5 Å². The molecule has 1 aliphatic rings. The topological polar surface area (TPSA) is 80.0 Å². The minimum absolute atomic E-state index is 0.0431. The molecule has 7 nitrogen and oxygen atoms in total. The molecule has 0 unspecified atom stereocenters. The largest absolute Gasteiger partial charge is 0.376 e. The van der Waals surface area contributed by atoms with Crippen LogP contribution in [0.5, 0.6) is 0 Å². The normalized spacial score (nSPS) is 14.8. The zero-order valence-electron chi connectivity index (χ0n) is 9.19. The predicted octanol–water partition coefficient (Wildman–Crippen LogP) is -0.105. The molecule has 1 N–H and O–H groups in total. The van der Waals surface area contributed by atoms with Crippen LogP contribution in [0.15, 0.2) is 18.6 Å². The van der Waals surface area contributed by atoms with E-state index in [1.165, 1.54) is 0 Å². The van der Waals surface area contributed by atoms with Crippen LogP contribution in [0.3, 0.4) is 0 Å². The molecule has 0 radical (unpaired) electrons. The lowest BCUT2D eigenvalue weighted by Crippen LogP contribution is -2.33. The van der Waals surface area contributed by atoms with Crippen LogP contribution in [0.2, 0.25) is 0 Å². The van der Waals surface area contributed by atoms with Crippen LogP contribution in [0.25, 0.3) is 11.5 Å². The van der Waals surface area contributed by atoms with Crippen molar-refractivity contribution in [1.82, 2.24) is 24.7 Å². The van der Waals surface area contributed by atoms with E-state index >= 15 is 0 Å². The first-order chi connectivity index (χ1) is 8.40. The number of nitrogens with zero attached hydrogens (tertiary/aromatic N) is 6. The van der Waals surface area contributed by atoms with E-state index in [1.807, 2.05) is 4.57 Å². The summed E-state index contributed by atoms with van der Waals surface area (Å²) in [6, 6.07) is 0. The number of hydrogen-bond acceptors (Lipinski definition) is 6. The SMILES string of the molecule is OCN1CCCn2c(-c3cnccn3)nnc21. The quantitative estimate of drug-likeness (QED) is 0.778. The molecule has 0 atom stereocenters. The van der Waals surface area contributed by atoms with Gasteiger partial charge in [0.1, 0.15) is 12.4 Å². The summed E-state index contributed by atoms with van der Waals surface area (Å²) < 4.78 is 1.96. The number of hydrogen-bond donors (Lipinski definition) is 1. The van der Waals surface area contributed by atoms with Crippen molar-refractivity contribution in [3.8, 4) is 11.5 Å². The highest BCUT2D eigenvalue weighted by Crippen LogP contribution is 2.24. The molecule has 17 heavy (non-hydrogen) atoms. The van der Waals surface area contributed by atoms with E-state index in [2.05, 4.69) is 20.2 Å². The Bertz CT molecular complexity index is 511. The standard InChI is InChI=1S/C10H12N6O/c17-7-15-4-1-5-16-9(13-14-10(15)16)8-6-11-2-3-12-8/h2-3,6,17H,1,4-5,7H2. The highest BCUT2D eigenvalue weighted by Gasteiger charge is 2.22. The Morgan fingerprint density at radius 3 is 2.94 bits per heavy atom. The fourth-order valence-electron chi connectivity index (χ4n) is 1.99. The number of rotatable bonds is 2. The lowest BCUT2D eigenvalue weighted by atomic mass is 10.3. The van der Waals surface area contributed by atoms with Gasteiger partial charge in [-0.25, -0.2) is 4.98 Å². The smallest absolute Gasteiger partial charge is 0.229 e. The molecule has 0 bridgehead atoms. The maximum absolute atomic E-state index is 9.23. The van der Waals surface area contributed by atoms with Gasteiger partial charge < -0.3 is 10.0 Å². The van der Waals surface area contributed by atoms with Crippen molar-refractivity contribution in [3.63, 3.8) is 0 Å². The van der Waals surface area contributed by atoms with Gasteiger partial charge in [0.2, 0.25) is 5.95 Å². The van der Waals surface area contributed by atoms with Crippen LogP contribution in [-0.2, 0) is 6.54 Å². The van der Waals surface area contributed by atoms with Crippen LogP contribution in [0.4, 0.5) is 5.95 Å². The molecule has 88 valence electrons. The van der Waals surface area contributed by atoms with Crippen molar-refractivity contribution < 1.29 is 5.11 Å². The Morgan fingerprint density at radius 2 is 2.18 bits per heavy atom.